The van der Waals surface area contributed by atoms with E-state index in [1.165, 1.54) is 36.0 Å². The van der Waals surface area contributed by atoms with Crippen LogP contribution in [-0.4, -0.2) is 5.91 Å². The lowest BCUT2D eigenvalue weighted by Gasteiger charge is -2.19. The zero-order chi connectivity index (χ0) is 16.9. The quantitative estimate of drug-likeness (QED) is 0.770. The maximum Gasteiger partial charge on any atom is 0.244 e. The number of halogens is 1. The van der Waals surface area contributed by atoms with Gasteiger partial charge in [-0.05, 0) is 73.1 Å². The largest absolute Gasteiger partial charge is 0.346 e. The number of carbonyl (C=O) groups is 1. The van der Waals surface area contributed by atoms with Gasteiger partial charge in [0, 0.05) is 11.1 Å². The number of rotatable bonds is 4. The van der Waals surface area contributed by atoms with Crippen LogP contribution in [0.4, 0.5) is 0 Å². The summed E-state index contributed by atoms with van der Waals surface area (Å²) >= 11 is 5.86. The predicted molar refractivity (Wildman–Crippen MR) is 100 cm³/mol. The van der Waals surface area contributed by atoms with Crippen molar-refractivity contribution >= 4 is 23.6 Å². The highest BCUT2D eigenvalue weighted by atomic mass is 35.5. The highest BCUT2D eigenvalue weighted by Crippen LogP contribution is 2.24. The van der Waals surface area contributed by atoms with Gasteiger partial charge in [0.15, 0.2) is 0 Å². The Hall–Kier alpha value is -2.06. The molecule has 1 aliphatic carbocycles. The number of fused-ring (bicyclic) bond motifs is 1. The van der Waals surface area contributed by atoms with Crippen molar-refractivity contribution in [2.75, 3.05) is 0 Å². The molecule has 2 nitrogen and oxygen atoms in total. The summed E-state index contributed by atoms with van der Waals surface area (Å²) in [6, 6.07) is 14.0. The number of benzene rings is 2. The van der Waals surface area contributed by atoms with E-state index in [0.717, 1.165) is 12.0 Å². The minimum absolute atomic E-state index is 0.000376. The van der Waals surface area contributed by atoms with Crippen molar-refractivity contribution in [1.29, 1.82) is 0 Å². The van der Waals surface area contributed by atoms with Crippen LogP contribution in [0.3, 0.4) is 0 Å². The standard InChI is InChI=1S/C21H22ClNO/c1-15(18-10-9-17-4-2-3-5-19(17)14-18)23-21(24)13-8-16-6-11-20(22)12-7-16/h6-15H,2-5H2,1H3,(H,23,24)/b13-8+/t15-/m1/s1. The second kappa shape index (κ2) is 7.67. The van der Waals surface area contributed by atoms with E-state index in [-0.39, 0.29) is 11.9 Å². The van der Waals surface area contributed by atoms with Crippen molar-refractivity contribution in [1.82, 2.24) is 5.32 Å². The summed E-state index contributed by atoms with van der Waals surface area (Å²) in [5.74, 6) is -0.0878. The lowest BCUT2D eigenvalue weighted by molar-refractivity contribution is -0.117. The highest BCUT2D eigenvalue weighted by Gasteiger charge is 2.13. The second-order valence-electron chi connectivity index (χ2n) is 6.35. The molecule has 24 heavy (non-hydrogen) atoms. The minimum Gasteiger partial charge on any atom is -0.346 e. The van der Waals surface area contributed by atoms with Crippen molar-refractivity contribution in [3.63, 3.8) is 0 Å². The van der Waals surface area contributed by atoms with Crippen molar-refractivity contribution in [3.8, 4) is 0 Å². The van der Waals surface area contributed by atoms with E-state index in [4.69, 9.17) is 11.6 Å². The third-order valence-electron chi connectivity index (χ3n) is 4.53. The molecule has 0 saturated carbocycles. The van der Waals surface area contributed by atoms with Crippen LogP contribution in [0.5, 0.6) is 0 Å². The lowest BCUT2D eigenvalue weighted by Crippen LogP contribution is -2.24. The Bertz CT molecular complexity index is 749. The molecule has 1 aliphatic rings. The van der Waals surface area contributed by atoms with E-state index in [1.807, 2.05) is 31.2 Å². The first kappa shape index (κ1) is 16.8. The molecule has 1 atom stereocenters. The number of aryl methyl sites for hydroxylation is 2. The van der Waals surface area contributed by atoms with Crippen molar-refractivity contribution in [2.45, 2.75) is 38.6 Å². The number of hydrogen-bond donors (Lipinski definition) is 1. The van der Waals surface area contributed by atoms with Gasteiger partial charge in [0.25, 0.3) is 0 Å². The summed E-state index contributed by atoms with van der Waals surface area (Å²) in [6.07, 6.45) is 8.25. The fourth-order valence-electron chi connectivity index (χ4n) is 3.11. The molecule has 0 radical (unpaired) electrons. The number of hydrogen-bond acceptors (Lipinski definition) is 1. The maximum absolute atomic E-state index is 12.1. The van der Waals surface area contributed by atoms with E-state index in [2.05, 4.69) is 23.5 Å². The predicted octanol–water partition coefficient (Wildman–Crippen LogP) is 5.11. The Morgan fingerprint density at radius 3 is 2.54 bits per heavy atom. The molecular weight excluding hydrogens is 318 g/mol. The van der Waals surface area contributed by atoms with E-state index in [1.54, 1.807) is 12.2 Å². The smallest absolute Gasteiger partial charge is 0.244 e. The molecule has 0 aromatic heterocycles. The molecule has 0 spiro atoms. The molecule has 1 amide bonds. The van der Waals surface area contributed by atoms with E-state index in [9.17, 15) is 4.79 Å². The molecule has 0 heterocycles. The first-order valence-corrected chi connectivity index (χ1v) is 8.85. The summed E-state index contributed by atoms with van der Waals surface area (Å²) < 4.78 is 0. The average molecular weight is 340 g/mol. The van der Waals surface area contributed by atoms with Gasteiger partial charge in [-0.2, -0.15) is 0 Å². The molecule has 124 valence electrons. The Morgan fingerprint density at radius 2 is 1.79 bits per heavy atom. The van der Waals surface area contributed by atoms with Gasteiger partial charge < -0.3 is 5.32 Å². The summed E-state index contributed by atoms with van der Waals surface area (Å²) in [4.78, 5) is 12.1. The van der Waals surface area contributed by atoms with Crippen LogP contribution in [0.2, 0.25) is 5.02 Å². The van der Waals surface area contributed by atoms with Crippen LogP contribution < -0.4 is 5.32 Å². The first-order chi connectivity index (χ1) is 11.6. The van der Waals surface area contributed by atoms with E-state index < -0.39 is 0 Å². The maximum atomic E-state index is 12.1. The molecule has 3 rings (SSSR count). The third kappa shape index (κ3) is 4.27. The Morgan fingerprint density at radius 1 is 1.08 bits per heavy atom. The van der Waals surface area contributed by atoms with Crippen molar-refractivity contribution < 1.29 is 4.79 Å². The second-order valence-corrected chi connectivity index (χ2v) is 6.79. The fraction of sp³-hybridized carbons (Fsp3) is 0.286. The topological polar surface area (TPSA) is 29.1 Å². The highest BCUT2D eigenvalue weighted by molar-refractivity contribution is 6.30. The SMILES string of the molecule is C[C@@H](NC(=O)/C=C/c1ccc(Cl)cc1)c1ccc2c(c1)CCCC2. The molecule has 3 heteroatoms. The molecule has 0 saturated heterocycles. The molecule has 0 fully saturated rings. The van der Waals surface area contributed by atoms with Crippen LogP contribution in [-0.2, 0) is 17.6 Å². The van der Waals surface area contributed by atoms with Crippen LogP contribution in [0, 0.1) is 0 Å². The normalized spacial score (nSPS) is 15.1. The number of amides is 1. The van der Waals surface area contributed by atoms with Crippen LogP contribution in [0.25, 0.3) is 6.08 Å². The summed E-state index contributed by atoms with van der Waals surface area (Å²) in [6.45, 7) is 2.03. The zero-order valence-electron chi connectivity index (χ0n) is 13.9. The van der Waals surface area contributed by atoms with Gasteiger partial charge in [-0.25, -0.2) is 0 Å². The van der Waals surface area contributed by atoms with Crippen molar-refractivity contribution in [3.05, 3.63) is 75.8 Å². The molecular formula is C21H22ClNO. The molecule has 0 bridgehead atoms. The molecule has 0 unspecified atom stereocenters. The number of carbonyl (C=O) groups excluding carboxylic acids is 1. The van der Waals surface area contributed by atoms with E-state index >= 15 is 0 Å². The van der Waals surface area contributed by atoms with Crippen molar-refractivity contribution in [2.24, 2.45) is 0 Å². The van der Waals surface area contributed by atoms with Gasteiger partial charge in [-0.15, -0.1) is 0 Å². The summed E-state index contributed by atoms with van der Waals surface area (Å²) in [5, 5.41) is 3.73. The van der Waals surface area contributed by atoms with Gasteiger partial charge in [0.1, 0.15) is 0 Å². The van der Waals surface area contributed by atoms with Gasteiger partial charge >= 0.3 is 0 Å². The average Bonchev–Trinajstić information content (AvgIpc) is 2.61. The van der Waals surface area contributed by atoms with E-state index in [0.29, 0.717) is 5.02 Å². The fourth-order valence-corrected chi connectivity index (χ4v) is 3.24. The Balaban J connectivity index is 1.62. The van der Waals surface area contributed by atoms with Crippen LogP contribution in [0.1, 0.15) is 48.1 Å². The monoisotopic (exact) mass is 339 g/mol. The molecule has 2 aromatic carbocycles. The molecule has 0 aliphatic heterocycles. The molecule has 2 aromatic rings. The minimum atomic E-state index is -0.0878. The summed E-state index contributed by atoms with van der Waals surface area (Å²) in [5.41, 5.74) is 5.03. The first-order valence-electron chi connectivity index (χ1n) is 8.47. The van der Waals surface area contributed by atoms with Gasteiger partial charge in [-0.3, -0.25) is 4.79 Å². The lowest BCUT2D eigenvalue weighted by atomic mass is 9.89. The Labute approximate surface area is 148 Å². The van der Waals surface area contributed by atoms with Gasteiger partial charge in [0.05, 0.1) is 6.04 Å². The van der Waals surface area contributed by atoms with Crippen LogP contribution in [0.15, 0.2) is 48.5 Å². The third-order valence-corrected chi connectivity index (χ3v) is 4.78. The zero-order valence-corrected chi connectivity index (χ0v) is 14.6. The van der Waals surface area contributed by atoms with Gasteiger partial charge in [-0.1, -0.05) is 41.9 Å². The Kier molecular flexibility index (Phi) is 5.37. The van der Waals surface area contributed by atoms with Gasteiger partial charge in [0.2, 0.25) is 5.91 Å². The summed E-state index contributed by atoms with van der Waals surface area (Å²) in [7, 11) is 0. The number of nitrogens with one attached hydrogen (secondary N) is 1. The van der Waals surface area contributed by atoms with Crippen LogP contribution >= 0.6 is 11.6 Å². The molecule has 1 N–H and O–H groups in total.